The van der Waals surface area contributed by atoms with Crippen molar-refractivity contribution in [3.05, 3.63) is 52.8 Å². The maximum Gasteiger partial charge on any atom is 0.279 e. The van der Waals surface area contributed by atoms with E-state index >= 15 is 0 Å². The highest BCUT2D eigenvalue weighted by Crippen LogP contribution is 2.24. The highest BCUT2D eigenvalue weighted by molar-refractivity contribution is 7.89. The Hall–Kier alpha value is -2.57. The van der Waals surface area contributed by atoms with Crippen LogP contribution in [0.1, 0.15) is 30.1 Å². The van der Waals surface area contributed by atoms with Crippen molar-refractivity contribution in [3.63, 3.8) is 0 Å². The first kappa shape index (κ1) is 26.5. The predicted octanol–water partition coefficient (Wildman–Crippen LogP) is 3.29. The van der Waals surface area contributed by atoms with Crippen molar-refractivity contribution in [2.45, 2.75) is 37.3 Å². The molecule has 2 heterocycles. The van der Waals surface area contributed by atoms with Crippen molar-refractivity contribution in [2.24, 2.45) is 4.99 Å². The standard InChI is InChI=1S/C25H31N3O6S2/c1-4-33-19-9-12-22-23(16-19)35-25(28(22)13-15-32-3)26-24(29)18-7-10-21(11-8-18)36(30,31)27(2)17-20-6-5-14-34-20/h7-12,16,20H,4-6,13-15,17H2,1-3H3. The molecule has 1 aromatic heterocycles. The van der Waals surface area contributed by atoms with E-state index in [1.165, 1.54) is 39.9 Å². The SMILES string of the molecule is CCOc1ccc2c(c1)sc(=NC(=O)c1ccc(S(=O)(=O)N(C)CC3CCCO3)cc1)n2CCOC. The molecular formula is C25H31N3O6S2. The molecule has 0 N–H and O–H groups in total. The van der Waals surface area contributed by atoms with Crippen molar-refractivity contribution in [1.29, 1.82) is 0 Å². The monoisotopic (exact) mass is 533 g/mol. The number of benzene rings is 2. The van der Waals surface area contributed by atoms with Gasteiger partial charge in [-0.3, -0.25) is 4.79 Å². The van der Waals surface area contributed by atoms with Crippen LogP contribution in [0.3, 0.4) is 0 Å². The third-order valence-electron chi connectivity index (χ3n) is 5.98. The largest absolute Gasteiger partial charge is 0.494 e. The van der Waals surface area contributed by atoms with E-state index in [2.05, 4.69) is 4.99 Å². The van der Waals surface area contributed by atoms with Crippen LogP contribution in [0.2, 0.25) is 0 Å². The Bertz CT molecular complexity index is 1370. The first-order chi connectivity index (χ1) is 17.3. The number of carbonyl (C=O) groups excluding carboxylic acids is 1. The lowest BCUT2D eigenvalue weighted by Gasteiger charge is -2.20. The topological polar surface area (TPSA) is 99.4 Å². The number of carbonyl (C=O) groups is 1. The number of sulfonamides is 1. The normalized spacial score (nSPS) is 16.8. The molecule has 0 bridgehead atoms. The highest BCUT2D eigenvalue weighted by Gasteiger charge is 2.26. The number of methoxy groups -OCH3 is 1. The molecule has 0 radical (unpaired) electrons. The third kappa shape index (κ3) is 5.87. The first-order valence-corrected chi connectivity index (χ1v) is 14.1. The molecule has 1 aliphatic heterocycles. The lowest BCUT2D eigenvalue weighted by atomic mass is 10.2. The summed E-state index contributed by atoms with van der Waals surface area (Å²) in [4.78, 5) is 18.0. The quantitative estimate of drug-likeness (QED) is 0.397. The molecule has 3 aromatic rings. The van der Waals surface area contributed by atoms with Crippen LogP contribution in [0.25, 0.3) is 10.2 Å². The molecule has 194 valence electrons. The fourth-order valence-electron chi connectivity index (χ4n) is 4.07. The molecule has 1 unspecified atom stereocenters. The zero-order chi connectivity index (χ0) is 25.7. The smallest absolute Gasteiger partial charge is 0.279 e. The summed E-state index contributed by atoms with van der Waals surface area (Å²) in [6, 6.07) is 11.7. The van der Waals surface area contributed by atoms with E-state index in [1.807, 2.05) is 29.7 Å². The fraction of sp³-hybridized carbons (Fsp3) is 0.440. The number of thiazole rings is 1. The number of fused-ring (bicyclic) bond motifs is 1. The minimum atomic E-state index is -3.69. The number of aromatic nitrogens is 1. The van der Waals surface area contributed by atoms with Gasteiger partial charge in [0.2, 0.25) is 10.0 Å². The molecule has 2 aromatic carbocycles. The number of hydrogen-bond donors (Lipinski definition) is 0. The van der Waals surface area contributed by atoms with Crippen molar-refractivity contribution in [2.75, 3.05) is 40.5 Å². The molecule has 0 saturated carbocycles. The molecule has 0 aliphatic carbocycles. The molecule has 1 amide bonds. The van der Waals surface area contributed by atoms with E-state index < -0.39 is 15.9 Å². The summed E-state index contributed by atoms with van der Waals surface area (Å²) in [5.74, 6) is 0.304. The van der Waals surface area contributed by atoms with Gasteiger partial charge in [0.25, 0.3) is 5.91 Å². The molecule has 0 spiro atoms. The second-order valence-corrected chi connectivity index (χ2v) is 11.5. The van der Waals surface area contributed by atoms with Gasteiger partial charge < -0.3 is 18.8 Å². The lowest BCUT2D eigenvalue weighted by Crippen LogP contribution is -2.34. The van der Waals surface area contributed by atoms with Crippen LogP contribution in [0.15, 0.2) is 52.4 Å². The Balaban J connectivity index is 1.59. The Morgan fingerprint density at radius 3 is 2.69 bits per heavy atom. The van der Waals surface area contributed by atoms with E-state index in [0.29, 0.717) is 43.3 Å². The van der Waals surface area contributed by atoms with Crippen LogP contribution in [0.5, 0.6) is 5.75 Å². The third-order valence-corrected chi connectivity index (χ3v) is 8.85. The number of amides is 1. The molecule has 1 aliphatic rings. The van der Waals surface area contributed by atoms with Gasteiger partial charge in [-0.25, -0.2) is 8.42 Å². The minimum Gasteiger partial charge on any atom is -0.494 e. The zero-order valence-corrected chi connectivity index (χ0v) is 22.3. The summed E-state index contributed by atoms with van der Waals surface area (Å²) >= 11 is 1.39. The Morgan fingerprint density at radius 2 is 2.03 bits per heavy atom. The average molecular weight is 534 g/mol. The van der Waals surface area contributed by atoms with Gasteiger partial charge in [0.1, 0.15) is 5.75 Å². The number of hydrogen-bond acceptors (Lipinski definition) is 7. The number of ether oxygens (including phenoxy) is 3. The number of likely N-dealkylation sites (N-methyl/N-ethyl adjacent to an activating group) is 1. The van der Waals surface area contributed by atoms with Crippen LogP contribution >= 0.6 is 11.3 Å². The molecule has 11 heteroatoms. The van der Waals surface area contributed by atoms with E-state index in [0.717, 1.165) is 28.8 Å². The molecule has 36 heavy (non-hydrogen) atoms. The molecule has 4 rings (SSSR count). The molecule has 1 atom stereocenters. The van der Waals surface area contributed by atoms with Crippen LogP contribution in [0, 0.1) is 0 Å². The maximum absolute atomic E-state index is 13.0. The number of rotatable bonds is 10. The summed E-state index contributed by atoms with van der Waals surface area (Å²) in [6.45, 7) is 4.45. The number of nitrogens with zero attached hydrogens (tertiary/aromatic N) is 3. The molecular weight excluding hydrogens is 502 g/mol. The zero-order valence-electron chi connectivity index (χ0n) is 20.7. The highest BCUT2D eigenvalue weighted by atomic mass is 32.2. The Morgan fingerprint density at radius 1 is 1.25 bits per heavy atom. The first-order valence-electron chi connectivity index (χ1n) is 11.9. The van der Waals surface area contributed by atoms with Crippen LogP contribution in [0.4, 0.5) is 0 Å². The van der Waals surface area contributed by atoms with Crippen LogP contribution < -0.4 is 9.54 Å². The van der Waals surface area contributed by atoms with Crippen molar-refractivity contribution in [1.82, 2.24) is 8.87 Å². The second-order valence-electron chi connectivity index (χ2n) is 8.45. The van der Waals surface area contributed by atoms with Gasteiger partial charge in [-0.2, -0.15) is 9.30 Å². The van der Waals surface area contributed by atoms with Crippen molar-refractivity contribution in [3.8, 4) is 5.75 Å². The summed E-state index contributed by atoms with van der Waals surface area (Å²) in [5.41, 5.74) is 1.24. The summed E-state index contributed by atoms with van der Waals surface area (Å²) in [5, 5.41) is 0. The Kier molecular flexibility index (Phi) is 8.58. The molecule has 1 saturated heterocycles. The minimum absolute atomic E-state index is 0.0832. The fourth-order valence-corrected chi connectivity index (χ4v) is 6.35. The van der Waals surface area contributed by atoms with Gasteiger partial charge in [-0.15, -0.1) is 0 Å². The van der Waals surface area contributed by atoms with Gasteiger partial charge in [0, 0.05) is 39.4 Å². The van der Waals surface area contributed by atoms with Gasteiger partial charge in [-0.05, 0) is 62.2 Å². The lowest BCUT2D eigenvalue weighted by molar-refractivity contribution is 0.0979. The van der Waals surface area contributed by atoms with E-state index in [9.17, 15) is 13.2 Å². The van der Waals surface area contributed by atoms with Gasteiger partial charge in [0.05, 0.1) is 34.4 Å². The van der Waals surface area contributed by atoms with Gasteiger partial charge in [0.15, 0.2) is 4.80 Å². The van der Waals surface area contributed by atoms with Gasteiger partial charge >= 0.3 is 0 Å². The summed E-state index contributed by atoms with van der Waals surface area (Å²) in [7, 11) is -0.520. The van der Waals surface area contributed by atoms with E-state index in [1.54, 1.807) is 14.2 Å². The molecule has 9 nitrogen and oxygen atoms in total. The second kappa shape index (κ2) is 11.7. The van der Waals surface area contributed by atoms with Gasteiger partial charge in [-0.1, -0.05) is 11.3 Å². The summed E-state index contributed by atoms with van der Waals surface area (Å²) in [6.07, 6.45) is 1.71. The van der Waals surface area contributed by atoms with Crippen molar-refractivity contribution >= 4 is 37.5 Å². The van der Waals surface area contributed by atoms with Crippen LogP contribution in [-0.2, 0) is 26.0 Å². The van der Waals surface area contributed by atoms with Crippen molar-refractivity contribution < 1.29 is 27.4 Å². The Labute approximate surface area is 215 Å². The average Bonchev–Trinajstić information content (AvgIpc) is 3.50. The summed E-state index contributed by atoms with van der Waals surface area (Å²) < 4.78 is 46.5. The van der Waals surface area contributed by atoms with Crippen LogP contribution in [-0.4, -0.2) is 69.8 Å². The predicted molar refractivity (Wildman–Crippen MR) is 138 cm³/mol. The van der Waals surface area contributed by atoms with E-state index in [-0.39, 0.29) is 11.0 Å². The van der Waals surface area contributed by atoms with E-state index in [4.69, 9.17) is 14.2 Å². The molecule has 1 fully saturated rings. The maximum atomic E-state index is 13.0.